The van der Waals surface area contributed by atoms with Gasteiger partial charge in [-0.1, -0.05) is 19.4 Å². The molecule has 0 radical (unpaired) electrons. The topological polar surface area (TPSA) is 14.2 Å². The van der Waals surface area contributed by atoms with E-state index in [1.165, 1.54) is 36.7 Å². The largest absolute Gasteiger partial charge is 0.493 e. The normalized spacial score (nSPS) is 15.8. The van der Waals surface area contributed by atoms with Crippen LogP contribution in [0.1, 0.15) is 32.6 Å². The van der Waals surface area contributed by atoms with E-state index in [0.717, 1.165) is 24.7 Å². The van der Waals surface area contributed by atoms with Gasteiger partial charge in [-0.05, 0) is 43.4 Å². The predicted molar refractivity (Wildman–Crippen MR) is 75.1 cm³/mol. The molecule has 2 aromatic rings. The Morgan fingerprint density at radius 2 is 2.17 bits per heavy atom. The molecule has 96 valence electrons. The van der Waals surface area contributed by atoms with Gasteiger partial charge in [-0.15, -0.1) is 0 Å². The van der Waals surface area contributed by atoms with E-state index >= 15 is 0 Å². The van der Waals surface area contributed by atoms with Crippen molar-refractivity contribution >= 4 is 10.9 Å². The van der Waals surface area contributed by atoms with E-state index in [2.05, 4.69) is 42.0 Å². The maximum atomic E-state index is 5.81. The molecule has 2 nitrogen and oxygen atoms in total. The Hall–Kier alpha value is -1.44. The number of hydrogen-bond acceptors (Lipinski definition) is 1. The van der Waals surface area contributed by atoms with Crippen molar-refractivity contribution in [2.24, 2.45) is 5.92 Å². The fraction of sp³-hybridized carbons (Fsp3) is 0.500. The van der Waals surface area contributed by atoms with E-state index in [1.54, 1.807) is 0 Å². The summed E-state index contributed by atoms with van der Waals surface area (Å²) >= 11 is 0. The monoisotopic (exact) mass is 243 g/mol. The Bertz CT molecular complexity index is 525. The van der Waals surface area contributed by atoms with Gasteiger partial charge in [0.15, 0.2) is 0 Å². The average Bonchev–Trinajstić information content (AvgIpc) is 2.75. The van der Waals surface area contributed by atoms with Crippen LogP contribution >= 0.6 is 0 Å². The molecule has 1 aromatic heterocycles. The molecule has 3 rings (SSSR count). The number of rotatable bonds is 5. The minimum absolute atomic E-state index is 0.799. The first-order chi connectivity index (χ1) is 8.88. The second-order valence-corrected chi connectivity index (χ2v) is 5.30. The molecule has 0 N–H and O–H groups in total. The molecule has 1 aliphatic carbocycles. The summed E-state index contributed by atoms with van der Waals surface area (Å²) < 4.78 is 8.20. The molecule has 0 unspecified atom stereocenters. The molecule has 0 bridgehead atoms. The summed E-state index contributed by atoms with van der Waals surface area (Å²) in [6, 6.07) is 8.57. The number of benzene rings is 1. The molecule has 1 saturated carbocycles. The van der Waals surface area contributed by atoms with Crippen molar-refractivity contribution in [2.45, 2.75) is 39.2 Å². The summed E-state index contributed by atoms with van der Waals surface area (Å²) in [5, 5.41) is 1.25. The maximum Gasteiger partial charge on any atom is 0.128 e. The van der Waals surface area contributed by atoms with Crippen LogP contribution in [0.5, 0.6) is 5.75 Å². The zero-order valence-corrected chi connectivity index (χ0v) is 11.1. The number of ether oxygens (including phenoxy) is 1. The Balaban J connectivity index is 1.87. The van der Waals surface area contributed by atoms with Crippen LogP contribution in [0.2, 0.25) is 0 Å². The number of hydrogen-bond donors (Lipinski definition) is 0. The molecule has 1 heterocycles. The van der Waals surface area contributed by atoms with Crippen molar-refractivity contribution in [3.05, 3.63) is 30.5 Å². The third-order valence-corrected chi connectivity index (χ3v) is 3.92. The minimum atomic E-state index is 0.799. The average molecular weight is 243 g/mol. The highest BCUT2D eigenvalue weighted by atomic mass is 16.5. The van der Waals surface area contributed by atoms with Gasteiger partial charge in [-0.25, -0.2) is 0 Å². The first kappa shape index (κ1) is 11.6. The summed E-state index contributed by atoms with van der Waals surface area (Å²) in [4.78, 5) is 0. The van der Waals surface area contributed by atoms with Gasteiger partial charge in [-0.2, -0.15) is 0 Å². The highest BCUT2D eigenvalue weighted by Crippen LogP contribution is 2.31. The van der Waals surface area contributed by atoms with Crippen LogP contribution in [0.3, 0.4) is 0 Å². The van der Waals surface area contributed by atoms with Gasteiger partial charge in [0.05, 0.1) is 12.1 Å². The Morgan fingerprint density at radius 3 is 2.89 bits per heavy atom. The number of nitrogens with zero attached hydrogens (tertiary/aromatic N) is 1. The van der Waals surface area contributed by atoms with Crippen LogP contribution in [0.25, 0.3) is 10.9 Å². The van der Waals surface area contributed by atoms with Crippen molar-refractivity contribution in [1.29, 1.82) is 0 Å². The summed E-state index contributed by atoms with van der Waals surface area (Å²) in [7, 11) is 0. The standard InChI is InChI=1S/C16H21NO/c1-2-11-18-16-8-4-7-15-14(16)9-10-17(15)12-13-5-3-6-13/h4,7-10,13H,2-3,5-6,11-12H2,1H3. The molecule has 0 amide bonds. The minimum Gasteiger partial charge on any atom is -0.493 e. The van der Waals surface area contributed by atoms with Gasteiger partial charge >= 0.3 is 0 Å². The second kappa shape index (κ2) is 5.05. The van der Waals surface area contributed by atoms with E-state index in [4.69, 9.17) is 4.74 Å². The van der Waals surface area contributed by atoms with Gasteiger partial charge in [0.1, 0.15) is 5.75 Å². The fourth-order valence-corrected chi connectivity index (χ4v) is 2.65. The molecule has 0 aliphatic heterocycles. The zero-order valence-electron chi connectivity index (χ0n) is 11.1. The lowest BCUT2D eigenvalue weighted by Crippen LogP contribution is -2.17. The first-order valence-corrected chi connectivity index (χ1v) is 7.09. The third kappa shape index (κ3) is 2.12. The van der Waals surface area contributed by atoms with Gasteiger partial charge in [0.2, 0.25) is 0 Å². The van der Waals surface area contributed by atoms with Crippen molar-refractivity contribution in [2.75, 3.05) is 6.61 Å². The van der Waals surface area contributed by atoms with Crippen molar-refractivity contribution < 1.29 is 4.74 Å². The fourth-order valence-electron chi connectivity index (χ4n) is 2.65. The van der Waals surface area contributed by atoms with Crippen molar-refractivity contribution in [1.82, 2.24) is 4.57 Å². The lowest BCUT2D eigenvalue weighted by atomic mass is 9.85. The summed E-state index contributed by atoms with van der Waals surface area (Å²) in [6.45, 7) is 4.11. The molecule has 0 atom stereocenters. The van der Waals surface area contributed by atoms with Gasteiger partial charge in [0.25, 0.3) is 0 Å². The van der Waals surface area contributed by atoms with Crippen LogP contribution in [0.4, 0.5) is 0 Å². The lowest BCUT2D eigenvalue weighted by Gasteiger charge is -2.26. The Kier molecular flexibility index (Phi) is 3.26. The molecule has 0 spiro atoms. The number of fused-ring (bicyclic) bond motifs is 1. The number of aromatic nitrogens is 1. The van der Waals surface area contributed by atoms with Crippen LogP contribution < -0.4 is 4.74 Å². The zero-order chi connectivity index (χ0) is 12.4. The molecule has 1 aliphatic rings. The molecule has 1 fully saturated rings. The van der Waals surface area contributed by atoms with E-state index in [-0.39, 0.29) is 0 Å². The predicted octanol–water partition coefficient (Wildman–Crippen LogP) is 4.23. The SMILES string of the molecule is CCCOc1cccc2c1ccn2CC1CCC1. The van der Waals surface area contributed by atoms with Crippen LogP contribution in [-0.4, -0.2) is 11.2 Å². The summed E-state index contributed by atoms with van der Waals surface area (Å²) in [5.74, 6) is 1.92. The van der Waals surface area contributed by atoms with Gasteiger partial charge in [0, 0.05) is 18.1 Å². The van der Waals surface area contributed by atoms with Crippen molar-refractivity contribution in [3.63, 3.8) is 0 Å². The van der Waals surface area contributed by atoms with E-state index in [9.17, 15) is 0 Å². The molecular weight excluding hydrogens is 222 g/mol. The highest BCUT2D eigenvalue weighted by Gasteiger charge is 2.18. The Morgan fingerprint density at radius 1 is 1.28 bits per heavy atom. The Labute approximate surface area is 109 Å². The van der Waals surface area contributed by atoms with Crippen LogP contribution in [0, 0.1) is 5.92 Å². The molecule has 18 heavy (non-hydrogen) atoms. The maximum absolute atomic E-state index is 5.81. The molecule has 0 saturated heterocycles. The van der Waals surface area contributed by atoms with E-state index < -0.39 is 0 Å². The van der Waals surface area contributed by atoms with E-state index in [0.29, 0.717) is 0 Å². The highest BCUT2D eigenvalue weighted by molar-refractivity contribution is 5.86. The van der Waals surface area contributed by atoms with Crippen LogP contribution in [-0.2, 0) is 6.54 Å². The summed E-state index contributed by atoms with van der Waals surface area (Å²) in [6.07, 6.45) is 7.47. The van der Waals surface area contributed by atoms with Crippen molar-refractivity contribution in [3.8, 4) is 5.75 Å². The van der Waals surface area contributed by atoms with Crippen LogP contribution in [0.15, 0.2) is 30.5 Å². The van der Waals surface area contributed by atoms with Gasteiger partial charge < -0.3 is 9.30 Å². The smallest absolute Gasteiger partial charge is 0.128 e. The molecule has 2 heteroatoms. The lowest BCUT2D eigenvalue weighted by molar-refractivity contribution is 0.280. The first-order valence-electron chi connectivity index (χ1n) is 7.09. The molecule has 1 aromatic carbocycles. The summed E-state index contributed by atoms with van der Waals surface area (Å²) in [5.41, 5.74) is 1.32. The van der Waals surface area contributed by atoms with Gasteiger partial charge in [-0.3, -0.25) is 0 Å². The third-order valence-electron chi connectivity index (χ3n) is 3.92. The second-order valence-electron chi connectivity index (χ2n) is 5.30. The van der Waals surface area contributed by atoms with E-state index in [1.807, 2.05) is 0 Å². The quantitative estimate of drug-likeness (QED) is 0.766. The molecular formula is C16H21NO.